The number of hydrogen-bond acceptors (Lipinski definition) is 3. The predicted octanol–water partition coefficient (Wildman–Crippen LogP) is 2.20. The van der Waals surface area contributed by atoms with Crippen molar-refractivity contribution >= 4 is 11.8 Å². The van der Waals surface area contributed by atoms with Gasteiger partial charge in [-0.15, -0.1) is 0 Å². The molecule has 0 aromatic heterocycles. The summed E-state index contributed by atoms with van der Waals surface area (Å²) in [5.41, 5.74) is 0. The molecule has 16 heavy (non-hydrogen) atoms. The summed E-state index contributed by atoms with van der Waals surface area (Å²) >= 11 is 2.16. The van der Waals surface area contributed by atoms with E-state index in [1.54, 1.807) is 0 Å². The number of nitrogens with zero attached hydrogens (tertiary/aromatic N) is 1. The van der Waals surface area contributed by atoms with Gasteiger partial charge in [0.1, 0.15) is 0 Å². The van der Waals surface area contributed by atoms with Gasteiger partial charge >= 0.3 is 0 Å². The summed E-state index contributed by atoms with van der Waals surface area (Å²) in [6.07, 6.45) is 5.61. The van der Waals surface area contributed by atoms with Crippen molar-refractivity contribution in [3.8, 4) is 0 Å². The molecular formula is C13H26N2S. The Bertz CT molecular complexity index is 196. The lowest BCUT2D eigenvalue weighted by Crippen LogP contribution is -2.42. The lowest BCUT2D eigenvalue weighted by atomic mass is 9.90. The van der Waals surface area contributed by atoms with Gasteiger partial charge in [0.25, 0.3) is 0 Å². The van der Waals surface area contributed by atoms with Crippen molar-refractivity contribution in [2.45, 2.75) is 43.9 Å². The smallest absolute Gasteiger partial charge is 0.0172 e. The maximum atomic E-state index is 3.77. The quantitative estimate of drug-likeness (QED) is 0.814. The van der Waals surface area contributed by atoms with E-state index >= 15 is 0 Å². The number of likely N-dealkylation sites (tertiary alicyclic amines) is 1. The third-order valence-electron chi connectivity index (χ3n) is 4.16. The zero-order chi connectivity index (χ0) is 11.4. The fraction of sp³-hybridized carbons (Fsp3) is 1.00. The highest BCUT2D eigenvalue weighted by Gasteiger charge is 2.23. The Hall–Kier alpha value is 0.270. The zero-order valence-electron chi connectivity index (χ0n) is 10.7. The van der Waals surface area contributed by atoms with Crippen molar-refractivity contribution < 1.29 is 0 Å². The molecule has 0 amide bonds. The maximum Gasteiger partial charge on any atom is 0.0172 e. The van der Waals surface area contributed by atoms with Crippen molar-refractivity contribution in [2.75, 3.05) is 32.4 Å². The topological polar surface area (TPSA) is 15.3 Å². The first-order valence-electron chi connectivity index (χ1n) is 6.79. The Morgan fingerprint density at radius 2 is 2.06 bits per heavy atom. The molecule has 0 aromatic carbocycles. The largest absolute Gasteiger partial charge is 0.313 e. The summed E-state index contributed by atoms with van der Waals surface area (Å²) in [6, 6.07) is 0.718. The summed E-state index contributed by atoms with van der Waals surface area (Å²) in [6.45, 7) is 6.19. The van der Waals surface area contributed by atoms with E-state index in [0.717, 1.165) is 17.2 Å². The molecular weight excluding hydrogens is 216 g/mol. The Balaban J connectivity index is 1.64. The molecule has 2 aliphatic rings. The fourth-order valence-electron chi connectivity index (χ4n) is 2.82. The first-order valence-corrected chi connectivity index (χ1v) is 7.84. The van der Waals surface area contributed by atoms with Crippen molar-refractivity contribution in [1.82, 2.24) is 10.2 Å². The van der Waals surface area contributed by atoms with Gasteiger partial charge in [0.2, 0.25) is 0 Å². The molecule has 0 aromatic rings. The summed E-state index contributed by atoms with van der Waals surface area (Å²) in [5, 5.41) is 4.67. The minimum atomic E-state index is 0.718. The molecule has 2 fully saturated rings. The SMILES string of the molecule is CC(NCC1CCCS1)C1CCN(C)CC1. The van der Waals surface area contributed by atoms with Gasteiger partial charge in [0.15, 0.2) is 0 Å². The monoisotopic (exact) mass is 242 g/mol. The van der Waals surface area contributed by atoms with E-state index in [1.165, 1.54) is 51.1 Å². The lowest BCUT2D eigenvalue weighted by molar-refractivity contribution is 0.190. The molecule has 0 bridgehead atoms. The number of piperidine rings is 1. The highest BCUT2D eigenvalue weighted by molar-refractivity contribution is 8.00. The minimum absolute atomic E-state index is 0.718. The van der Waals surface area contributed by atoms with E-state index in [4.69, 9.17) is 0 Å². The van der Waals surface area contributed by atoms with Gasteiger partial charge in [-0.2, -0.15) is 11.8 Å². The van der Waals surface area contributed by atoms with Crippen LogP contribution in [0.4, 0.5) is 0 Å². The molecule has 2 rings (SSSR count). The van der Waals surface area contributed by atoms with Crippen molar-refractivity contribution in [2.24, 2.45) is 5.92 Å². The average molecular weight is 242 g/mol. The minimum Gasteiger partial charge on any atom is -0.313 e. The molecule has 0 aliphatic carbocycles. The molecule has 2 nitrogen and oxygen atoms in total. The number of hydrogen-bond donors (Lipinski definition) is 1. The summed E-state index contributed by atoms with van der Waals surface area (Å²) in [7, 11) is 2.24. The Morgan fingerprint density at radius 3 is 2.69 bits per heavy atom. The van der Waals surface area contributed by atoms with Crippen LogP contribution in [-0.4, -0.2) is 48.6 Å². The molecule has 94 valence electrons. The van der Waals surface area contributed by atoms with Crippen LogP contribution in [0.25, 0.3) is 0 Å². The second-order valence-electron chi connectivity index (χ2n) is 5.47. The average Bonchev–Trinajstić information content (AvgIpc) is 2.80. The Labute approximate surface area is 105 Å². The number of nitrogens with one attached hydrogen (secondary N) is 1. The Morgan fingerprint density at radius 1 is 1.31 bits per heavy atom. The molecule has 2 saturated heterocycles. The van der Waals surface area contributed by atoms with Crippen LogP contribution < -0.4 is 5.32 Å². The lowest BCUT2D eigenvalue weighted by Gasteiger charge is -2.33. The standard InChI is InChI=1S/C13H26N2S/c1-11(12-5-7-15(2)8-6-12)14-10-13-4-3-9-16-13/h11-14H,3-10H2,1-2H3. The van der Waals surface area contributed by atoms with Crippen molar-refractivity contribution in [3.63, 3.8) is 0 Å². The van der Waals surface area contributed by atoms with Gasteiger partial charge in [0, 0.05) is 17.8 Å². The van der Waals surface area contributed by atoms with Gasteiger partial charge in [-0.05, 0) is 64.4 Å². The predicted molar refractivity (Wildman–Crippen MR) is 73.2 cm³/mol. The number of rotatable bonds is 4. The van der Waals surface area contributed by atoms with Gasteiger partial charge in [-0.3, -0.25) is 0 Å². The van der Waals surface area contributed by atoms with Crippen LogP contribution in [0.3, 0.4) is 0 Å². The Kier molecular flexibility index (Phi) is 4.98. The third kappa shape index (κ3) is 3.64. The van der Waals surface area contributed by atoms with Crippen LogP contribution in [0.2, 0.25) is 0 Å². The van der Waals surface area contributed by atoms with Crippen LogP contribution in [0.15, 0.2) is 0 Å². The van der Waals surface area contributed by atoms with Gasteiger partial charge < -0.3 is 10.2 Å². The van der Waals surface area contributed by atoms with E-state index in [0.29, 0.717) is 0 Å². The molecule has 2 heterocycles. The van der Waals surface area contributed by atoms with Gasteiger partial charge in [-0.25, -0.2) is 0 Å². The summed E-state index contributed by atoms with van der Waals surface area (Å²) in [4.78, 5) is 2.45. The zero-order valence-corrected chi connectivity index (χ0v) is 11.6. The summed E-state index contributed by atoms with van der Waals surface area (Å²) in [5.74, 6) is 2.29. The molecule has 0 saturated carbocycles. The van der Waals surface area contributed by atoms with Crippen LogP contribution in [0, 0.1) is 5.92 Å². The van der Waals surface area contributed by atoms with Crippen LogP contribution in [0.5, 0.6) is 0 Å². The van der Waals surface area contributed by atoms with Crippen molar-refractivity contribution in [1.29, 1.82) is 0 Å². The first kappa shape index (κ1) is 12.7. The van der Waals surface area contributed by atoms with E-state index in [2.05, 4.69) is 35.9 Å². The van der Waals surface area contributed by atoms with Crippen LogP contribution >= 0.6 is 11.8 Å². The highest BCUT2D eigenvalue weighted by atomic mass is 32.2. The second kappa shape index (κ2) is 6.27. The summed E-state index contributed by atoms with van der Waals surface area (Å²) < 4.78 is 0. The molecule has 1 N–H and O–H groups in total. The fourth-order valence-corrected chi connectivity index (χ4v) is 4.03. The molecule has 2 aliphatic heterocycles. The van der Waals surface area contributed by atoms with E-state index < -0.39 is 0 Å². The molecule has 2 unspecified atom stereocenters. The molecule has 0 spiro atoms. The van der Waals surface area contributed by atoms with E-state index in [1.807, 2.05) is 0 Å². The molecule has 2 atom stereocenters. The molecule has 3 heteroatoms. The van der Waals surface area contributed by atoms with E-state index in [9.17, 15) is 0 Å². The van der Waals surface area contributed by atoms with E-state index in [-0.39, 0.29) is 0 Å². The normalized spacial score (nSPS) is 30.8. The highest BCUT2D eigenvalue weighted by Crippen LogP contribution is 2.26. The number of thioether (sulfide) groups is 1. The van der Waals surface area contributed by atoms with Crippen LogP contribution in [-0.2, 0) is 0 Å². The maximum absolute atomic E-state index is 3.77. The third-order valence-corrected chi connectivity index (χ3v) is 5.56. The van der Waals surface area contributed by atoms with Gasteiger partial charge in [0.05, 0.1) is 0 Å². The molecule has 0 radical (unpaired) electrons. The van der Waals surface area contributed by atoms with Crippen LogP contribution in [0.1, 0.15) is 32.6 Å². The van der Waals surface area contributed by atoms with Gasteiger partial charge in [-0.1, -0.05) is 0 Å². The second-order valence-corrected chi connectivity index (χ2v) is 6.88. The van der Waals surface area contributed by atoms with Crippen molar-refractivity contribution in [3.05, 3.63) is 0 Å². The first-order chi connectivity index (χ1) is 7.75.